The maximum atomic E-state index is 12.3. The SMILES string of the molecule is CCOc1ccc(C)cc1C(C)NC(=O)c1ccc(C(C)=O)[nH]1. The van der Waals surface area contributed by atoms with E-state index in [0.717, 1.165) is 16.9 Å². The molecule has 0 aliphatic carbocycles. The van der Waals surface area contributed by atoms with E-state index in [0.29, 0.717) is 18.0 Å². The summed E-state index contributed by atoms with van der Waals surface area (Å²) in [5.74, 6) is 0.408. The van der Waals surface area contributed by atoms with E-state index in [1.165, 1.54) is 6.92 Å². The molecule has 0 bridgehead atoms. The van der Waals surface area contributed by atoms with E-state index in [9.17, 15) is 9.59 Å². The Hall–Kier alpha value is -2.56. The molecule has 1 atom stereocenters. The van der Waals surface area contributed by atoms with Crippen LogP contribution in [0, 0.1) is 6.92 Å². The molecule has 2 N–H and O–H groups in total. The van der Waals surface area contributed by atoms with Crippen LogP contribution in [0.4, 0.5) is 0 Å². The van der Waals surface area contributed by atoms with Gasteiger partial charge < -0.3 is 15.0 Å². The first-order chi connectivity index (χ1) is 10.9. The van der Waals surface area contributed by atoms with Crippen molar-refractivity contribution in [3.8, 4) is 5.75 Å². The van der Waals surface area contributed by atoms with Gasteiger partial charge in [0.05, 0.1) is 18.3 Å². The molecule has 0 aliphatic heterocycles. The van der Waals surface area contributed by atoms with E-state index < -0.39 is 0 Å². The number of ketones is 1. The van der Waals surface area contributed by atoms with Gasteiger partial charge in [-0.2, -0.15) is 0 Å². The number of carbonyl (C=O) groups excluding carboxylic acids is 2. The lowest BCUT2D eigenvalue weighted by Crippen LogP contribution is -2.27. The first kappa shape index (κ1) is 16.8. The van der Waals surface area contributed by atoms with E-state index in [4.69, 9.17) is 4.74 Å². The van der Waals surface area contributed by atoms with Gasteiger partial charge in [-0.1, -0.05) is 17.7 Å². The molecule has 0 aliphatic rings. The van der Waals surface area contributed by atoms with Gasteiger partial charge in [0.1, 0.15) is 11.4 Å². The minimum atomic E-state index is -0.256. The number of hydrogen-bond donors (Lipinski definition) is 2. The van der Waals surface area contributed by atoms with Crippen molar-refractivity contribution in [3.63, 3.8) is 0 Å². The summed E-state index contributed by atoms with van der Waals surface area (Å²) < 4.78 is 5.63. The standard InChI is InChI=1S/C18H22N2O3/c1-5-23-17-9-6-11(2)10-14(17)12(3)19-18(22)16-8-7-15(20-16)13(4)21/h6-10,12,20H,5H2,1-4H3,(H,19,22). The molecule has 23 heavy (non-hydrogen) atoms. The topological polar surface area (TPSA) is 71.2 Å². The van der Waals surface area contributed by atoms with Gasteiger partial charge in [0.15, 0.2) is 5.78 Å². The number of carbonyl (C=O) groups is 2. The van der Waals surface area contributed by atoms with Crippen LogP contribution < -0.4 is 10.1 Å². The Balaban J connectivity index is 2.17. The first-order valence-electron chi connectivity index (χ1n) is 7.66. The summed E-state index contributed by atoms with van der Waals surface area (Å²) in [6, 6.07) is 8.91. The Morgan fingerprint density at radius 1 is 1.22 bits per heavy atom. The highest BCUT2D eigenvalue weighted by atomic mass is 16.5. The van der Waals surface area contributed by atoms with Gasteiger partial charge in [-0.3, -0.25) is 9.59 Å². The molecule has 1 amide bonds. The van der Waals surface area contributed by atoms with Crippen LogP contribution in [0.1, 0.15) is 58.9 Å². The van der Waals surface area contributed by atoms with Crippen LogP contribution in [0.3, 0.4) is 0 Å². The van der Waals surface area contributed by atoms with Crippen molar-refractivity contribution in [2.75, 3.05) is 6.61 Å². The predicted octanol–water partition coefficient (Wildman–Crippen LogP) is 3.42. The zero-order valence-corrected chi connectivity index (χ0v) is 13.9. The lowest BCUT2D eigenvalue weighted by Gasteiger charge is -2.18. The second-order valence-electron chi connectivity index (χ2n) is 5.51. The van der Waals surface area contributed by atoms with Gasteiger partial charge in [-0.25, -0.2) is 0 Å². The van der Waals surface area contributed by atoms with Gasteiger partial charge in [-0.15, -0.1) is 0 Å². The van der Waals surface area contributed by atoms with Crippen molar-refractivity contribution in [2.24, 2.45) is 0 Å². The molecule has 1 aromatic carbocycles. The third kappa shape index (κ3) is 4.00. The first-order valence-corrected chi connectivity index (χ1v) is 7.66. The molecular formula is C18H22N2O3. The molecule has 2 aromatic rings. The Morgan fingerprint density at radius 3 is 2.52 bits per heavy atom. The molecule has 2 rings (SSSR count). The van der Waals surface area contributed by atoms with Crippen molar-refractivity contribution in [1.29, 1.82) is 0 Å². The normalized spacial score (nSPS) is 11.8. The van der Waals surface area contributed by atoms with Crippen LogP contribution in [0.25, 0.3) is 0 Å². The van der Waals surface area contributed by atoms with E-state index in [2.05, 4.69) is 10.3 Å². The smallest absolute Gasteiger partial charge is 0.268 e. The van der Waals surface area contributed by atoms with E-state index in [1.807, 2.05) is 39.0 Å². The highest BCUT2D eigenvalue weighted by molar-refractivity contribution is 5.97. The Bertz CT molecular complexity index is 719. The third-order valence-corrected chi connectivity index (χ3v) is 3.59. The van der Waals surface area contributed by atoms with E-state index in [1.54, 1.807) is 12.1 Å². The summed E-state index contributed by atoms with van der Waals surface area (Å²) in [5.41, 5.74) is 2.82. The molecule has 0 fully saturated rings. The fourth-order valence-corrected chi connectivity index (χ4v) is 2.38. The van der Waals surface area contributed by atoms with Crippen LogP contribution in [-0.2, 0) is 0 Å². The van der Waals surface area contributed by atoms with Crippen LogP contribution in [0.2, 0.25) is 0 Å². The van der Waals surface area contributed by atoms with Crippen molar-refractivity contribution in [2.45, 2.75) is 33.7 Å². The van der Waals surface area contributed by atoms with Crippen molar-refractivity contribution in [3.05, 3.63) is 52.8 Å². The number of amides is 1. The molecule has 1 aromatic heterocycles. The quantitative estimate of drug-likeness (QED) is 0.803. The number of rotatable bonds is 6. The maximum absolute atomic E-state index is 12.3. The number of benzene rings is 1. The summed E-state index contributed by atoms with van der Waals surface area (Å²) in [7, 11) is 0. The molecule has 5 nitrogen and oxygen atoms in total. The highest BCUT2D eigenvalue weighted by Crippen LogP contribution is 2.26. The van der Waals surface area contributed by atoms with Gasteiger partial charge >= 0.3 is 0 Å². The van der Waals surface area contributed by atoms with Crippen LogP contribution in [0.15, 0.2) is 30.3 Å². The van der Waals surface area contributed by atoms with Crippen molar-refractivity contribution >= 4 is 11.7 Å². The van der Waals surface area contributed by atoms with Crippen molar-refractivity contribution in [1.82, 2.24) is 10.3 Å². The molecule has 0 radical (unpaired) electrons. The fraction of sp³-hybridized carbons (Fsp3) is 0.333. The number of hydrogen-bond acceptors (Lipinski definition) is 3. The van der Waals surface area contributed by atoms with Gasteiger partial charge in [0.25, 0.3) is 5.91 Å². The minimum absolute atomic E-state index is 0.102. The number of aromatic amines is 1. The lowest BCUT2D eigenvalue weighted by atomic mass is 10.0. The number of H-pyrrole nitrogens is 1. The molecule has 122 valence electrons. The zero-order valence-electron chi connectivity index (χ0n) is 13.9. The zero-order chi connectivity index (χ0) is 17.0. The van der Waals surface area contributed by atoms with Gasteiger partial charge in [-0.05, 0) is 39.0 Å². The number of Topliss-reactive ketones (excluding diaryl/α,β-unsaturated/α-hetero) is 1. The number of aryl methyl sites for hydroxylation is 1. The summed E-state index contributed by atoms with van der Waals surface area (Å²) in [6.07, 6.45) is 0. The summed E-state index contributed by atoms with van der Waals surface area (Å²) in [6.45, 7) is 7.85. The van der Waals surface area contributed by atoms with E-state index in [-0.39, 0.29) is 17.7 Å². The fourth-order valence-electron chi connectivity index (χ4n) is 2.38. The van der Waals surface area contributed by atoms with E-state index >= 15 is 0 Å². The second kappa shape index (κ2) is 7.13. The van der Waals surface area contributed by atoms with Gasteiger partial charge in [0, 0.05) is 12.5 Å². The largest absolute Gasteiger partial charge is 0.494 e. The molecule has 1 heterocycles. The molecule has 0 saturated heterocycles. The molecule has 1 unspecified atom stereocenters. The van der Waals surface area contributed by atoms with Crippen LogP contribution >= 0.6 is 0 Å². The third-order valence-electron chi connectivity index (χ3n) is 3.59. The summed E-state index contributed by atoms with van der Waals surface area (Å²) in [5, 5.41) is 2.93. The highest BCUT2D eigenvalue weighted by Gasteiger charge is 2.17. The monoisotopic (exact) mass is 314 g/mol. The molecular weight excluding hydrogens is 292 g/mol. The van der Waals surface area contributed by atoms with Crippen molar-refractivity contribution < 1.29 is 14.3 Å². The van der Waals surface area contributed by atoms with Crippen LogP contribution in [-0.4, -0.2) is 23.3 Å². The van der Waals surface area contributed by atoms with Crippen LogP contribution in [0.5, 0.6) is 5.75 Å². The lowest BCUT2D eigenvalue weighted by molar-refractivity contribution is 0.0935. The second-order valence-corrected chi connectivity index (χ2v) is 5.51. The number of ether oxygens (including phenoxy) is 1. The van der Waals surface area contributed by atoms with Gasteiger partial charge in [0.2, 0.25) is 0 Å². The Morgan fingerprint density at radius 2 is 1.91 bits per heavy atom. The minimum Gasteiger partial charge on any atom is -0.494 e. The Labute approximate surface area is 136 Å². The maximum Gasteiger partial charge on any atom is 0.268 e. The summed E-state index contributed by atoms with van der Waals surface area (Å²) >= 11 is 0. The Kier molecular flexibility index (Phi) is 5.21. The molecule has 5 heteroatoms. The number of aromatic nitrogens is 1. The number of nitrogens with one attached hydrogen (secondary N) is 2. The molecule has 0 saturated carbocycles. The average molecular weight is 314 g/mol. The average Bonchev–Trinajstić information content (AvgIpc) is 2.99. The summed E-state index contributed by atoms with van der Waals surface area (Å²) in [4.78, 5) is 26.5. The predicted molar refractivity (Wildman–Crippen MR) is 89.0 cm³/mol. The molecule has 0 spiro atoms.